The van der Waals surface area contributed by atoms with Gasteiger partial charge in [-0.05, 0) is 60.2 Å². The predicted octanol–water partition coefficient (Wildman–Crippen LogP) is 2.44. The van der Waals surface area contributed by atoms with Crippen LogP contribution in [0, 0.1) is 34.5 Å². The molecule has 0 saturated heterocycles. The van der Waals surface area contributed by atoms with E-state index >= 15 is 0 Å². The van der Waals surface area contributed by atoms with Crippen LogP contribution in [0.5, 0.6) is 0 Å². The van der Waals surface area contributed by atoms with Gasteiger partial charge in [0, 0.05) is 6.61 Å². The SMILES string of the molecule is CC1(C)[C@H]2[C@@H]3CC[C@H]2[C@](C)(CC[C@H]1O)[C@H]3CO. The molecule has 3 aliphatic carbocycles. The average molecular weight is 238 g/mol. The maximum absolute atomic E-state index is 10.4. The first kappa shape index (κ1) is 12.0. The van der Waals surface area contributed by atoms with Crippen LogP contribution in [0.1, 0.15) is 46.5 Å². The molecule has 98 valence electrons. The summed E-state index contributed by atoms with van der Waals surface area (Å²) in [5, 5.41) is 20.2. The Bertz CT molecular complexity index is 325. The van der Waals surface area contributed by atoms with Gasteiger partial charge in [-0.1, -0.05) is 20.8 Å². The van der Waals surface area contributed by atoms with Crippen LogP contribution in [0.3, 0.4) is 0 Å². The van der Waals surface area contributed by atoms with Gasteiger partial charge in [0.1, 0.15) is 0 Å². The average Bonchev–Trinajstić information content (AvgIpc) is 2.78. The minimum atomic E-state index is -0.155. The van der Waals surface area contributed by atoms with Gasteiger partial charge in [0.2, 0.25) is 0 Å². The number of hydrogen-bond donors (Lipinski definition) is 2. The second-order valence-electron chi connectivity index (χ2n) is 7.54. The van der Waals surface area contributed by atoms with Crippen molar-refractivity contribution in [3.8, 4) is 0 Å². The van der Waals surface area contributed by atoms with Crippen molar-refractivity contribution in [1.82, 2.24) is 0 Å². The van der Waals surface area contributed by atoms with E-state index in [9.17, 15) is 10.2 Å². The topological polar surface area (TPSA) is 40.5 Å². The molecule has 0 amide bonds. The summed E-state index contributed by atoms with van der Waals surface area (Å²) < 4.78 is 0. The summed E-state index contributed by atoms with van der Waals surface area (Å²) in [5.41, 5.74) is 0.324. The zero-order valence-electron chi connectivity index (χ0n) is 11.3. The van der Waals surface area contributed by atoms with Crippen molar-refractivity contribution in [2.45, 2.75) is 52.6 Å². The number of rotatable bonds is 1. The molecule has 17 heavy (non-hydrogen) atoms. The van der Waals surface area contributed by atoms with Gasteiger partial charge in [-0.15, -0.1) is 0 Å². The number of aliphatic hydroxyl groups excluding tert-OH is 2. The highest BCUT2D eigenvalue weighted by atomic mass is 16.3. The summed E-state index contributed by atoms with van der Waals surface area (Å²) >= 11 is 0. The Morgan fingerprint density at radius 3 is 2.47 bits per heavy atom. The molecule has 0 heterocycles. The molecular formula is C15H26O2. The summed E-state index contributed by atoms with van der Waals surface area (Å²) in [7, 11) is 0. The number of aliphatic hydroxyl groups is 2. The van der Waals surface area contributed by atoms with E-state index in [-0.39, 0.29) is 16.9 Å². The third kappa shape index (κ3) is 1.29. The van der Waals surface area contributed by atoms with E-state index in [1.165, 1.54) is 12.8 Å². The summed E-state index contributed by atoms with van der Waals surface area (Å²) in [6, 6.07) is 0. The van der Waals surface area contributed by atoms with E-state index in [1.807, 2.05) is 0 Å². The van der Waals surface area contributed by atoms with Gasteiger partial charge >= 0.3 is 0 Å². The molecule has 0 aromatic rings. The smallest absolute Gasteiger partial charge is 0.0594 e. The van der Waals surface area contributed by atoms with Crippen molar-refractivity contribution in [1.29, 1.82) is 0 Å². The van der Waals surface area contributed by atoms with Crippen LogP contribution in [0.4, 0.5) is 0 Å². The second-order valence-corrected chi connectivity index (χ2v) is 7.54. The standard InChI is InChI=1S/C15H26O2/c1-14(2)12(17)6-7-15(3)10-5-4-9(13(10)14)11(15)8-16/h9-13,16-17H,4-8H2,1-3H3/t9-,10-,11+,12-,13+,15+/m1/s1. The fourth-order valence-corrected chi connectivity index (χ4v) is 5.81. The van der Waals surface area contributed by atoms with E-state index in [1.54, 1.807) is 0 Å². The largest absolute Gasteiger partial charge is 0.396 e. The zero-order valence-corrected chi connectivity index (χ0v) is 11.3. The van der Waals surface area contributed by atoms with Crippen LogP contribution in [-0.4, -0.2) is 22.9 Å². The minimum Gasteiger partial charge on any atom is -0.396 e. The summed E-state index contributed by atoms with van der Waals surface area (Å²) in [6.45, 7) is 7.22. The van der Waals surface area contributed by atoms with Gasteiger partial charge in [-0.25, -0.2) is 0 Å². The summed E-state index contributed by atoms with van der Waals surface area (Å²) in [4.78, 5) is 0. The Kier molecular flexibility index (Phi) is 2.45. The first-order chi connectivity index (χ1) is 7.93. The van der Waals surface area contributed by atoms with Crippen molar-refractivity contribution in [3.63, 3.8) is 0 Å². The normalized spacial score (nSPS) is 55.9. The number of hydrogen-bond acceptors (Lipinski definition) is 2. The van der Waals surface area contributed by atoms with Crippen molar-refractivity contribution in [2.75, 3.05) is 6.61 Å². The highest BCUT2D eigenvalue weighted by Crippen LogP contribution is 2.70. The van der Waals surface area contributed by atoms with Gasteiger partial charge in [0.25, 0.3) is 0 Å². The Morgan fingerprint density at radius 1 is 1.12 bits per heavy atom. The molecule has 0 aliphatic heterocycles. The highest BCUT2D eigenvalue weighted by Gasteiger charge is 2.66. The molecule has 6 atom stereocenters. The Morgan fingerprint density at radius 2 is 1.82 bits per heavy atom. The van der Waals surface area contributed by atoms with Crippen LogP contribution >= 0.6 is 0 Å². The molecule has 3 saturated carbocycles. The van der Waals surface area contributed by atoms with Crippen molar-refractivity contribution in [2.24, 2.45) is 34.5 Å². The summed E-state index contributed by atoms with van der Waals surface area (Å²) in [5.74, 6) is 2.50. The maximum Gasteiger partial charge on any atom is 0.0594 e. The molecule has 4 bridgehead atoms. The quantitative estimate of drug-likeness (QED) is 0.736. The molecule has 0 radical (unpaired) electrons. The van der Waals surface area contributed by atoms with Crippen LogP contribution in [0.15, 0.2) is 0 Å². The maximum atomic E-state index is 10.4. The van der Waals surface area contributed by atoms with E-state index in [4.69, 9.17) is 0 Å². The molecule has 0 aromatic carbocycles. The van der Waals surface area contributed by atoms with Crippen LogP contribution in [0.25, 0.3) is 0 Å². The van der Waals surface area contributed by atoms with Crippen LogP contribution in [0.2, 0.25) is 0 Å². The lowest BCUT2D eigenvalue weighted by Gasteiger charge is -2.42. The van der Waals surface area contributed by atoms with Crippen molar-refractivity contribution in [3.05, 3.63) is 0 Å². The van der Waals surface area contributed by atoms with Gasteiger partial charge in [-0.2, -0.15) is 0 Å². The lowest BCUT2D eigenvalue weighted by atomic mass is 9.65. The van der Waals surface area contributed by atoms with Crippen molar-refractivity contribution >= 4 is 0 Å². The first-order valence-electron chi connectivity index (χ1n) is 7.22. The second kappa shape index (κ2) is 3.48. The van der Waals surface area contributed by atoms with Gasteiger partial charge in [-0.3, -0.25) is 0 Å². The Balaban J connectivity index is 2.06. The lowest BCUT2D eigenvalue weighted by molar-refractivity contribution is -0.0244. The molecule has 0 spiro atoms. The zero-order chi connectivity index (χ0) is 12.4. The molecule has 2 nitrogen and oxygen atoms in total. The van der Waals surface area contributed by atoms with E-state index in [2.05, 4.69) is 20.8 Å². The van der Waals surface area contributed by atoms with E-state index < -0.39 is 0 Å². The van der Waals surface area contributed by atoms with Crippen molar-refractivity contribution < 1.29 is 10.2 Å². The highest BCUT2D eigenvalue weighted by molar-refractivity contribution is 5.14. The molecule has 3 rings (SSSR count). The minimum absolute atomic E-state index is 0.0352. The summed E-state index contributed by atoms with van der Waals surface area (Å²) in [6.07, 6.45) is 4.45. The monoisotopic (exact) mass is 238 g/mol. The van der Waals surface area contributed by atoms with Gasteiger partial charge < -0.3 is 10.2 Å². The molecule has 3 aliphatic rings. The lowest BCUT2D eigenvalue weighted by Crippen LogP contribution is -2.40. The van der Waals surface area contributed by atoms with Gasteiger partial charge in [0.15, 0.2) is 0 Å². The van der Waals surface area contributed by atoms with Crippen LogP contribution < -0.4 is 0 Å². The third-order valence-corrected chi connectivity index (χ3v) is 6.79. The van der Waals surface area contributed by atoms with Crippen LogP contribution in [-0.2, 0) is 0 Å². The Hall–Kier alpha value is -0.0800. The third-order valence-electron chi connectivity index (χ3n) is 6.79. The van der Waals surface area contributed by atoms with E-state index in [0.29, 0.717) is 24.4 Å². The predicted molar refractivity (Wildman–Crippen MR) is 67.4 cm³/mol. The van der Waals surface area contributed by atoms with Gasteiger partial charge in [0.05, 0.1) is 6.10 Å². The van der Waals surface area contributed by atoms with E-state index in [0.717, 1.165) is 18.8 Å². The molecule has 0 aromatic heterocycles. The fraction of sp³-hybridized carbons (Fsp3) is 1.00. The first-order valence-corrected chi connectivity index (χ1v) is 7.22. The molecule has 0 unspecified atom stereocenters. The molecule has 2 N–H and O–H groups in total. The molecule has 3 fully saturated rings. The molecule has 2 heteroatoms. The molecular weight excluding hydrogens is 212 g/mol. The fourth-order valence-electron chi connectivity index (χ4n) is 5.81. The Labute approximate surface area is 104 Å².